The van der Waals surface area contributed by atoms with Crippen molar-refractivity contribution in [3.63, 3.8) is 0 Å². The highest BCUT2D eigenvalue weighted by molar-refractivity contribution is 7.05. The molecule has 1 aliphatic carbocycles. The summed E-state index contributed by atoms with van der Waals surface area (Å²) in [6.07, 6.45) is 15.1. The minimum Gasteiger partial charge on any atom is -0.325 e. The Morgan fingerprint density at radius 3 is 1.65 bits per heavy atom. The van der Waals surface area contributed by atoms with Crippen molar-refractivity contribution in [2.24, 2.45) is 0 Å². The Morgan fingerprint density at radius 2 is 1.13 bits per heavy atom. The summed E-state index contributed by atoms with van der Waals surface area (Å²) >= 11 is 0. The smallest absolute Gasteiger partial charge is 0.249 e. The third kappa shape index (κ3) is 6.26. The Kier molecular flexibility index (Phi) is 8.71. The van der Waals surface area contributed by atoms with Gasteiger partial charge in [0.25, 0.3) is 0 Å². The minimum absolute atomic E-state index is 0.705. The van der Waals surface area contributed by atoms with Gasteiger partial charge in [-0.05, 0) is 61.1 Å². The maximum absolute atomic E-state index is 3.99. The zero-order chi connectivity index (χ0) is 21.2. The summed E-state index contributed by atoms with van der Waals surface area (Å²) in [6.45, 7) is 7.27. The van der Waals surface area contributed by atoms with Gasteiger partial charge in [0.05, 0.1) is 26.2 Å². The molecule has 3 aliphatic rings. The maximum Gasteiger partial charge on any atom is 0.249 e. The average molecular weight is 435 g/mol. The van der Waals surface area contributed by atoms with E-state index in [4.69, 9.17) is 0 Å². The molecule has 0 bridgehead atoms. The summed E-state index contributed by atoms with van der Waals surface area (Å²) in [7, 11) is -2.19. The summed E-state index contributed by atoms with van der Waals surface area (Å²) in [5.41, 5.74) is 8.68. The zero-order valence-electron chi connectivity index (χ0n) is 19.5. The van der Waals surface area contributed by atoms with Gasteiger partial charge in [0.1, 0.15) is 13.1 Å². The van der Waals surface area contributed by atoms with E-state index in [-0.39, 0.29) is 0 Å². The second kappa shape index (κ2) is 11.9. The number of rotatable bonds is 4. The largest absolute Gasteiger partial charge is 0.325 e. The van der Waals surface area contributed by atoms with Crippen LogP contribution < -0.4 is 15.0 Å². The molecule has 4 rings (SSSR count). The molecule has 2 N–H and O–H groups in total. The SMILES string of the molecule is C(#C[Si](C#CC[NH+]1CCCCC1)(c1ccccc1)C1CCCCC1)C[NH+]1CCCCC1. The van der Waals surface area contributed by atoms with E-state index in [1.807, 2.05) is 0 Å². The third-order valence-electron chi connectivity index (χ3n) is 7.82. The summed E-state index contributed by atoms with van der Waals surface area (Å²) in [4.78, 5) is 3.40. The number of benzene rings is 1. The zero-order valence-corrected chi connectivity index (χ0v) is 20.5. The number of nitrogens with one attached hydrogen (secondary N) is 2. The second-order valence-corrected chi connectivity index (χ2v) is 13.6. The fraction of sp³-hybridized carbons (Fsp3) is 0.643. The van der Waals surface area contributed by atoms with E-state index in [1.54, 1.807) is 9.80 Å². The van der Waals surface area contributed by atoms with Gasteiger partial charge in [-0.1, -0.05) is 62.4 Å². The molecule has 0 spiro atoms. The molecule has 2 nitrogen and oxygen atoms in total. The van der Waals surface area contributed by atoms with Gasteiger partial charge < -0.3 is 9.80 Å². The number of quaternary nitrogens is 2. The lowest BCUT2D eigenvalue weighted by Gasteiger charge is -2.33. The molecule has 1 saturated carbocycles. The number of hydrogen-bond acceptors (Lipinski definition) is 0. The molecular weight excluding hydrogens is 392 g/mol. The molecule has 3 heteroatoms. The predicted octanol–water partition coefficient (Wildman–Crippen LogP) is 1.90. The van der Waals surface area contributed by atoms with Crippen molar-refractivity contribution in [1.82, 2.24) is 0 Å². The first-order chi connectivity index (χ1) is 15.4. The first-order valence-corrected chi connectivity index (χ1v) is 15.2. The van der Waals surface area contributed by atoms with Gasteiger partial charge in [-0.3, -0.25) is 0 Å². The fourth-order valence-corrected chi connectivity index (χ4v) is 9.88. The van der Waals surface area contributed by atoms with Crippen LogP contribution in [0.2, 0.25) is 5.54 Å². The Morgan fingerprint density at radius 1 is 0.645 bits per heavy atom. The van der Waals surface area contributed by atoms with Crippen molar-refractivity contribution in [3.05, 3.63) is 30.3 Å². The van der Waals surface area contributed by atoms with E-state index < -0.39 is 8.07 Å². The van der Waals surface area contributed by atoms with Gasteiger partial charge in [-0.25, -0.2) is 0 Å². The van der Waals surface area contributed by atoms with Crippen LogP contribution in [0.5, 0.6) is 0 Å². The van der Waals surface area contributed by atoms with Gasteiger partial charge in [-0.2, -0.15) is 0 Å². The normalized spacial score (nSPS) is 21.5. The third-order valence-corrected chi connectivity index (χ3v) is 12.0. The standard InChI is InChI=1S/C28H40N2Si/c1-5-15-27(16-6-1)31(28-17-7-2-8-18-28,25-13-23-29-19-9-3-10-20-29)26-14-24-30-21-11-4-12-22-30/h1,5-6,15-16,28H,2-4,7-12,17-24H2/p+2. The summed E-state index contributed by atoms with van der Waals surface area (Å²) < 4.78 is 0. The lowest BCUT2D eigenvalue weighted by Crippen LogP contribution is -3.12. The van der Waals surface area contributed by atoms with Crippen LogP contribution in [0.3, 0.4) is 0 Å². The minimum atomic E-state index is -2.19. The monoisotopic (exact) mass is 434 g/mol. The average Bonchev–Trinajstić information content (AvgIpc) is 2.85. The molecule has 2 aliphatic heterocycles. The Bertz CT molecular complexity index is 741. The molecule has 1 aromatic rings. The lowest BCUT2D eigenvalue weighted by molar-refractivity contribution is -0.897. The maximum atomic E-state index is 3.99. The van der Waals surface area contributed by atoms with Crippen LogP contribution >= 0.6 is 0 Å². The Hall–Kier alpha value is -1.52. The molecule has 31 heavy (non-hydrogen) atoms. The first kappa shape index (κ1) is 22.7. The first-order valence-electron chi connectivity index (χ1n) is 13.1. The van der Waals surface area contributed by atoms with Gasteiger partial charge in [0, 0.05) is 0 Å². The highest BCUT2D eigenvalue weighted by atomic mass is 28.3. The molecule has 2 saturated heterocycles. The molecule has 0 atom stereocenters. The van der Waals surface area contributed by atoms with Gasteiger partial charge in [0.2, 0.25) is 8.07 Å². The Labute approximate surface area is 191 Å². The van der Waals surface area contributed by atoms with Crippen molar-refractivity contribution in [2.45, 2.75) is 76.2 Å². The highest BCUT2D eigenvalue weighted by Crippen LogP contribution is 2.36. The number of likely N-dealkylation sites (tertiary alicyclic amines) is 2. The van der Waals surface area contributed by atoms with Gasteiger partial charge in [0.15, 0.2) is 0 Å². The van der Waals surface area contributed by atoms with E-state index in [0.717, 1.165) is 13.1 Å². The highest BCUT2D eigenvalue weighted by Gasteiger charge is 2.42. The van der Waals surface area contributed by atoms with Crippen molar-refractivity contribution in [2.75, 3.05) is 39.3 Å². The second-order valence-electron chi connectivity index (χ2n) is 10.1. The van der Waals surface area contributed by atoms with E-state index >= 15 is 0 Å². The van der Waals surface area contributed by atoms with E-state index in [2.05, 4.69) is 53.3 Å². The van der Waals surface area contributed by atoms with Crippen molar-refractivity contribution in [1.29, 1.82) is 0 Å². The van der Waals surface area contributed by atoms with Crippen LogP contribution in [0.25, 0.3) is 0 Å². The molecule has 0 aromatic heterocycles. The van der Waals surface area contributed by atoms with Crippen LogP contribution in [0.4, 0.5) is 0 Å². The van der Waals surface area contributed by atoms with E-state index in [9.17, 15) is 0 Å². The van der Waals surface area contributed by atoms with Crippen LogP contribution in [0.15, 0.2) is 30.3 Å². The van der Waals surface area contributed by atoms with Crippen molar-refractivity contribution >= 4 is 13.3 Å². The van der Waals surface area contributed by atoms with Crippen molar-refractivity contribution < 1.29 is 9.80 Å². The molecular formula is C28H42N2Si+2. The molecule has 0 unspecified atom stereocenters. The molecule has 1 aromatic carbocycles. The summed E-state index contributed by atoms with van der Waals surface area (Å²) in [6, 6.07) is 11.3. The summed E-state index contributed by atoms with van der Waals surface area (Å²) in [5.74, 6) is 7.49. The van der Waals surface area contributed by atoms with Crippen LogP contribution in [0, 0.1) is 22.9 Å². The number of hydrogen-bond donors (Lipinski definition) is 2. The van der Waals surface area contributed by atoms with Crippen molar-refractivity contribution in [3.8, 4) is 22.9 Å². The Balaban J connectivity index is 1.62. The van der Waals surface area contributed by atoms with Crippen LogP contribution in [0.1, 0.15) is 70.6 Å². The van der Waals surface area contributed by atoms with E-state index in [1.165, 1.54) is 102 Å². The lowest BCUT2D eigenvalue weighted by atomic mass is 10.0. The molecule has 166 valence electrons. The fourth-order valence-electron chi connectivity index (χ4n) is 5.93. The molecule has 0 radical (unpaired) electrons. The topological polar surface area (TPSA) is 8.88 Å². The van der Waals surface area contributed by atoms with Gasteiger partial charge >= 0.3 is 0 Å². The van der Waals surface area contributed by atoms with Gasteiger partial charge in [-0.15, -0.1) is 11.1 Å². The van der Waals surface area contributed by atoms with Crippen LogP contribution in [-0.2, 0) is 0 Å². The van der Waals surface area contributed by atoms with E-state index in [0.29, 0.717) is 5.54 Å². The van der Waals surface area contributed by atoms with Crippen LogP contribution in [-0.4, -0.2) is 47.3 Å². The number of piperidine rings is 2. The molecule has 3 fully saturated rings. The quantitative estimate of drug-likeness (QED) is 0.529. The molecule has 0 amide bonds. The molecule has 2 heterocycles. The predicted molar refractivity (Wildman–Crippen MR) is 133 cm³/mol. The summed E-state index contributed by atoms with van der Waals surface area (Å²) in [5, 5.41) is 1.48.